The Morgan fingerprint density at radius 3 is 1.11 bits per heavy atom. The Labute approximate surface area is 335 Å². The van der Waals surface area contributed by atoms with Crippen LogP contribution in [0.5, 0.6) is 11.5 Å². The van der Waals surface area contributed by atoms with Crippen LogP contribution in [0, 0.1) is 22.7 Å². The van der Waals surface area contributed by atoms with E-state index in [1.165, 1.54) is 128 Å². The number of nitriles is 2. The molecule has 7 heteroatoms. The minimum absolute atomic E-state index is 0.601. The molecule has 290 valence electrons. The van der Waals surface area contributed by atoms with Gasteiger partial charge in [-0.3, -0.25) is 0 Å². The van der Waals surface area contributed by atoms with Crippen LogP contribution in [0.1, 0.15) is 187 Å². The molecule has 0 N–H and O–H groups in total. The lowest BCUT2D eigenvalue weighted by Crippen LogP contribution is -2.03. The van der Waals surface area contributed by atoms with Gasteiger partial charge in [-0.15, -0.1) is 34.0 Å². The first-order chi connectivity index (χ1) is 26.2. The highest BCUT2D eigenvalue weighted by molar-refractivity contribution is 7.15. The van der Waals surface area contributed by atoms with E-state index in [0.717, 1.165) is 45.2 Å². The molecule has 3 aromatic rings. The fourth-order valence-electron chi connectivity index (χ4n) is 6.58. The van der Waals surface area contributed by atoms with Gasteiger partial charge in [-0.1, -0.05) is 167 Å². The summed E-state index contributed by atoms with van der Waals surface area (Å²) >= 11 is 4.67. The smallest absolute Gasteiger partial charge is 0.179 e. The average molecular weight is 775 g/mol. The molecule has 0 saturated heterocycles. The van der Waals surface area contributed by atoms with Crippen LogP contribution in [-0.2, 0) is 0 Å². The number of allylic oxidation sites excluding steroid dienone is 2. The van der Waals surface area contributed by atoms with Gasteiger partial charge in [-0.05, 0) is 47.9 Å². The minimum atomic E-state index is 0.601. The van der Waals surface area contributed by atoms with Crippen molar-refractivity contribution in [2.75, 3.05) is 13.2 Å². The summed E-state index contributed by atoms with van der Waals surface area (Å²) in [6.45, 7) is 5.76. The van der Waals surface area contributed by atoms with E-state index >= 15 is 0 Å². The van der Waals surface area contributed by atoms with E-state index in [1.807, 2.05) is 47.2 Å². The van der Waals surface area contributed by atoms with E-state index in [-0.39, 0.29) is 0 Å². The summed E-state index contributed by atoms with van der Waals surface area (Å²) in [5.74, 6) is 1.41. The van der Waals surface area contributed by atoms with E-state index in [9.17, 15) is 10.5 Å². The molecular formula is C46H66N2O2S3. The summed E-state index contributed by atoms with van der Waals surface area (Å²) in [6.07, 6.45) is 35.0. The molecule has 0 aliphatic rings. The molecule has 0 aliphatic carbocycles. The predicted octanol–water partition coefficient (Wildman–Crippen LogP) is 16.2. The Hall–Kier alpha value is -2.84. The van der Waals surface area contributed by atoms with Gasteiger partial charge in [0.15, 0.2) is 11.5 Å². The average Bonchev–Trinajstić information content (AvgIpc) is 3.97. The topological polar surface area (TPSA) is 66.0 Å². The molecule has 0 radical (unpaired) electrons. The van der Waals surface area contributed by atoms with Crippen molar-refractivity contribution >= 4 is 57.3 Å². The molecule has 0 spiro atoms. The summed E-state index contributed by atoms with van der Waals surface area (Å²) in [4.78, 5) is 3.60. The fraction of sp³-hybridized carbons (Fsp3) is 0.609. The molecular weight excluding hydrogens is 709 g/mol. The Kier molecular flexibility index (Phi) is 24.8. The largest absolute Gasteiger partial charge is 0.488 e. The molecule has 0 amide bonds. The lowest BCUT2D eigenvalue weighted by molar-refractivity contribution is 0.260. The highest BCUT2D eigenvalue weighted by Gasteiger charge is 2.21. The zero-order chi connectivity index (χ0) is 37.6. The molecule has 0 bridgehead atoms. The molecule has 53 heavy (non-hydrogen) atoms. The lowest BCUT2D eigenvalue weighted by Gasteiger charge is -2.12. The van der Waals surface area contributed by atoms with Crippen LogP contribution in [0.4, 0.5) is 0 Å². The Bertz CT molecular complexity index is 1380. The maximum atomic E-state index is 10.1. The molecule has 0 unspecified atom stereocenters. The van der Waals surface area contributed by atoms with Crippen molar-refractivity contribution in [3.05, 3.63) is 54.5 Å². The van der Waals surface area contributed by atoms with Gasteiger partial charge in [-0.2, -0.15) is 10.5 Å². The normalized spacial score (nSPS) is 11.8. The molecule has 0 atom stereocenters. The minimum Gasteiger partial charge on any atom is -0.488 e. The summed E-state index contributed by atoms with van der Waals surface area (Å²) in [5, 5.41) is 24.3. The van der Waals surface area contributed by atoms with Gasteiger partial charge in [-0.25, -0.2) is 0 Å². The van der Waals surface area contributed by atoms with Crippen LogP contribution < -0.4 is 9.47 Å². The number of unbranched alkanes of at least 4 members (excludes halogenated alkanes) is 22. The number of nitrogens with zero attached hydrogens (tertiary/aromatic N) is 2. The summed E-state index contributed by atoms with van der Waals surface area (Å²) in [7, 11) is 0. The number of thiophene rings is 3. The van der Waals surface area contributed by atoms with Gasteiger partial charge in [0.1, 0.15) is 12.1 Å². The Morgan fingerprint density at radius 2 is 0.830 bits per heavy atom. The van der Waals surface area contributed by atoms with Crippen LogP contribution in [0.15, 0.2) is 35.0 Å². The number of hydrogen-bond acceptors (Lipinski definition) is 7. The van der Waals surface area contributed by atoms with Gasteiger partial charge in [0.25, 0.3) is 0 Å². The van der Waals surface area contributed by atoms with Crippen LogP contribution >= 0.6 is 34.0 Å². The zero-order valence-electron chi connectivity index (χ0n) is 32.9. The van der Waals surface area contributed by atoms with Gasteiger partial charge in [0.05, 0.1) is 34.1 Å². The van der Waals surface area contributed by atoms with Crippen molar-refractivity contribution in [2.24, 2.45) is 0 Å². The second-order valence-corrected chi connectivity index (χ2v) is 17.2. The van der Waals surface area contributed by atoms with Crippen molar-refractivity contribution in [3.63, 3.8) is 0 Å². The van der Waals surface area contributed by atoms with Crippen LogP contribution in [-0.4, -0.2) is 13.2 Å². The second kappa shape index (κ2) is 29.5. The fourth-order valence-corrected chi connectivity index (χ4v) is 9.04. The van der Waals surface area contributed by atoms with E-state index in [2.05, 4.69) is 26.0 Å². The third-order valence-electron chi connectivity index (χ3n) is 9.73. The predicted molar refractivity (Wildman–Crippen MR) is 233 cm³/mol. The SMILES string of the molecule is CCCCCCCCCCCCCCOc1c(C=C(C#N)c2cccs2)sc(C=C(C#N)c2cccs2)c1OCCCCCCCCCCCCCC. The van der Waals surface area contributed by atoms with Crippen molar-refractivity contribution in [2.45, 2.75) is 168 Å². The Balaban J connectivity index is 1.65. The molecule has 0 saturated carbocycles. The third-order valence-corrected chi connectivity index (χ3v) is 12.6. The molecule has 3 rings (SSSR count). The molecule has 3 heterocycles. The quantitative estimate of drug-likeness (QED) is 0.0468. The van der Waals surface area contributed by atoms with Crippen LogP contribution in [0.25, 0.3) is 23.3 Å². The van der Waals surface area contributed by atoms with Crippen LogP contribution in [0.3, 0.4) is 0 Å². The maximum absolute atomic E-state index is 10.1. The van der Waals surface area contributed by atoms with Gasteiger partial charge < -0.3 is 9.47 Å². The summed E-state index contributed by atoms with van der Waals surface area (Å²) in [5.41, 5.74) is 1.22. The van der Waals surface area contributed by atoms with E-state index in [1.54, 1.807) is 34.0 Å². The monoisotopic (exact) mass is 774 g/mol. The molecule has 0 aliphatic heterocycles. The summed E-state index contributed by atoms with van der Waals surface area (Å²) in [6, 6.07) is 12.7. The van der Waals surface area contributed by atoms with Crippen molar-refractivity contribution in [1.29, 1.82) is 10.5 Å². The first-order valence-electron chi connectivity index (χ1n) is 21.0. The second-order valence-electron chi connectivity index (χ2n) is 14.3. The van der Waals surface area contributed by atoms with Crippen molar-refractivity contribution < 1.29 is 9.47 Å². The van der Waals surface area contributed by atoms with Gasteiger partial charge in [0.2, 0.25) is 0 Å². The van der Waals surface area contributed by atoms with E-state index in [4.69, 9.17) is 9.47 Å². The molecule has 0 aromatic carbocycles. The first kappa shape index (κ1) is 44.6. The lowest BCUT2D eigenvalue weighted by atomic mass is 10.1. The molecule has 4 nitrogen and oxygen atoms in total. The molecule has 0 fully saturated rings. The van der Waals surface area contributed by atoms with E-state index in [0.29, 0.717) is 35.9 Å². The van der Waals surface area contributed by atoms with Gasteiger partial charge >= 0.3 is 0 Å². The zero-order valence-corrected chi connectivity index (χ0v) is 35.4. The Morgan fingerprint density at radius 1 is 0.509 bits per heavy atom. The molecule has 3 aromatic heterocycles. The number of hydrogen-bond donors (Lipinski definition) is 0. The number of ether oxygens (including phenoxy) is 2. The van der Waals surface area contributed by atoms with Gasteiger partial charge in [0, 0.05) is 9.75 Å². The summed E-state index contributed by atoms with van der Waals surface area (Å²) < 4.78 is 13.2. The first-order valence-corrected chi connectivity index (χ1v) is 23.5. The van der Waals surface area contributed by atoms with Crippen molar-refractivity contribution in [1.82, 2.24) is 0 Å². The van der Waals surface area contributed by atoms with Crippen LogP contribution in [0.2, 0.25) is 0 Å². The highest BCUT2D eigenvalue weighted by Crippen LogP contribution is 2.46. The standard InChI is InChI=1S/C46H66N2O2S3/c1-3-5-7-9-11-13-15-17-19-21-23-25-31-49-45-43(35-39(37-47)41-29-27-33-51-41)53-44(36-40(38-48)42-30-28-34-52-42)46(45)50-32-26-24-22-20-18-16-14-12-10-8-6-4-2/h27-30,33-36H,3-26,31-32H2,1-2H3. The highest BCUT2D eigenvalue weighted by atomic mass is 32.1. The van der Waals surface area contributed by atoms with E-state index < -0.39 is 0 Å². The number of rotatable bonds is 32. The van der Waals surface area contributed by atoms with Crippen molar-refractivity contribution in [3.8, 4) is 23.6 Å². The third kappa shape index (κ3) is 18.4. The maximum Gasteiger partial charge on any atom is 0.179 e.